The monoisotopic (exact) mass is 516 g/mol. The van der Waals surface area contributed by atoms with E-state index in [1.807, 2.05) is 56.3 Å². The predicted molar refractivity (Wildman–Crippen MR) is 151 cm³/mol. The van der Waals surface area contributed by atoms with Crippen molar-refractivity contribution in [3.63, 3.8) is 0 Å². The normalized spacial score (nSPS) is 15.2. The fourth-order valence-electron chi connectivity index (χ4n) is 4.85. The molecule has 3 N–H and O–H groups in total. The molecule has 1 atom stereocenters. The number of urea groups is 1. The Morgan fingerprint density at radius 1 is 0.921 bits per heavy atom. The lowest BCUT2D eigenvalue weighted by molar-refractivity contribution is -0.118. The average Bonchev–Trinajstić information content (AvgIpc) is 2.93. The maximum Gasteiger partial charge on any atom is 0.319 e. The minimum Gasteiger partial charge on any atom is -0.331 e. The molecule has 3 aromatic rings. The molecule has 1 saturated heterocycles. The Bertz CT molecular complexity index is 1210. The van der Waals surface area contributed by atoms with Gasteiger partial charge in [-0.2, -0.15) is 0 Å². The lowest BCUT2D eigenvalue weighted by Crippen LogP contribution is -2.38. The van der Waals surface area contributed by atoms with Gasteiger partial charge in [-0.1, -0.05) is 68.4 Å². The van der Waals surface area contributed by atoms with Gasteiger partial charge < -0.3 is 20.9 Å². The summed E-state index contributed by atoms with van der Waals surface area (Å²) >= 11 is 0. The van der Waals surface area contributed by atoms with Gasteiger partial charge in [-0.15, -0.1) is 0 Å². The van der Waals surface area contributed by atoms with Crippen LogP contribution in [0.15, 0.2) is 78.9 Å². The number of hydrogen-bond donors (Lipinski definition) is 3. The Labute approximate surface area is 224 Å². The summed E-state index contributed by atoms with van der Waals surface area (Å²) in [6, 6.07) is 23.6. The van der Waals surface area contributed by atoms with E-state index in [1.54, 1.807) is 18.2 Å². The molecule has 0 aliphatic carbocycles. The second-order valence-corrected chi connectivity index (χ2v) is 10.2. The van der Waals surface area contributed by atoms with Gasteiger partial charge in [0.05, 0.1) is 11.7 Å². The number of carbonyl (C=O) groups is 2. The summed E-state index contributed by atoms with van der Waals surface area (Å²) in [6.07, 6.45) is 2.83. The first-order chi connectivity index (χ1) is 18.4. The highest BCUT2D eigenvalue weighted by Crippen LogP contribution is 2.30. The Balaban J connectivity index is 1.32. The molecule has 0 saturated carbocycles. The number of benzene rings is 3. The molecule has 1 aliphatic rings. The minimum absolute atomic E-state index is 0.0288. The molecule has 0 radical (unpaired) electrons. The van der Waals surface area contributed by atoms with E-state index < -0.39 is 11.8 Å². The van der Waals surface area contributed by atoms with Crippen molar-refractivity contribution in [1.29, 1.82) is 0 Å². The molecule has 1 unspecified atom stereocenters. The quantitative estimate of drug-likeness (QED) is 0.302. The van der Waals surface area contributed by atoms with Crippen molar-refractivity contribution in [3.8, 4) is 0 Å². The molecular weight excluding hydrogens is 479 g/mol. The van der Waals surface area contributed by atoms with Crippen LogP contribution in [0.2, 0.25) is 0 Å². The van der Waals surface area contributed by atoms with Crippen LogP contribution in [0.5, 0.6) is 0 Å². The number of likely N-dealkylation sites (tertiary alicyclic amines) is 1. The highest BCUT2D eigenvalue weighted by molar-refractivity contribution is 5.92. The highest BCUT2D eigenvalue weighted by atomic mass is 19.1. The molecule has 0 bridgehead atoms. The zero-order valence-electron chi connectivity index (χ0n) is 22.1. The van der Waals surface area contributed by atoms with Gasteiger partial charge >= 0.3 is 6.03 Å². The molecular formula is C31H37FN4O2. The minimum atomic E-state index is -0.463. The number of carbonyl (C=O) groups excluding carboxylic acids is 2. The van der Waals surface area contributed by atoms with Crippen molar-refractivity contribution < 1.29 is 14.0 Å². The second-order valence-electron chi connectivity index (χ2n) is 10.2. The van der Waals surface area contributed by atoms with Crippen LogP contribution < -0.4 is 16.0 Å². The molecule has 200 valence electrons. The second kappa shape index (κ2) is 13.2. The van der Waals surface area contributed by atoms with Crippen LogP contribution in [-0.4, -0.2) is 36.5 Å². The first-order valence-corrected chi connectivity index (χ1v) is 13.4. The van der Waals surface area contributed by atoms with Crippen LogP contribution >= 0.6 is 0 Å². The number of amides is 3. The molecule has 6 nitrogen and oxygen atoms in total. The molecule has 1 fully saturated rings. The maximum atomic E-state index is 14.0. The van der Waals surface area contributed by atoms with Crippen molar-refractivity contribution >= 4 is 23.3 Å². The molecule has 7 heteroatoms. The van der Waals surface area contributed by atoms with Crippen LogP contribution in [-0.2, 0) is 4.79 Å². The summed E-state index contributed by atoms with van der Waals surface area (Å²) in [6.45, 7) is 6.56. The predicted octanol–water partition coefficient (Wildman–Crippen LogP) is 6.55. The van der Waals surface area contributed by atoms with E-state index in [0.29, 0.717) is 5.92 Å². The smallest absolute Gasteiger partial charge is 0.319 e. The summed E-state index contributed by atoms with van der Waals surface area (Å²) in [5.41, 5.74) is 3.30. The number of nitrogens with one attached hydrogen (secondary N) is 3. The lowest BCUT2D eigenvalue weighted by atomic mass is 9.89. The van der Waals surface area contributed by atoms with E-state index in [-0.39, 0.29) is 23.6 Å². The lowest BCUT2D eigenvalue weighted by Gasteiger charge is -2.33. The number of para-hydroxylation sites is 1. The van der Waals surface area contributed by atoms with E-state index in [4.69, 9.17) is 0 Å². The summed E-state index contributed by atoms with van der Waals surface area (Å²) < 4.78 is 14.0. The molecule has 0 spiro atoms. The van der Waals surface area contributed by atoms with E-state index in [0.717, 1.165) is 50.1 Å². The maximum absolute atomic E-state index is 14.0. The van der Waals surface area contributed by atoms with Crippen LogP contribution in [0, 0.1) is 11.7 Å². The van der Waals surface area contributed by atoms with Gasteiger partial charge in [0, 0.05) is 18.2 Å². The van der Waals surface area contributed by atoms with Gasteiger partial charge in [0.1, 0.15) is 5.82 Å². The fraction of sp³-hybridized carbons (Fsp3) is 0.355. The van der Waals surface area contributed by atoms with Gasteiger partial charge in [-0.05, 0) is 73.7 Å². The van der Waals surface area contributed by atoms with Gasteiger partial charge in [-0.3, -0.25) is 4.79 Å². The zero-order valence-corrected chi connectivity index (χ0v) is 22.1. The highest BCUT2D eigenvalue weighted by Gasteiger charge is 2.23. The number of nitrogens with zero attached hydrogens (tertiary/aromatic N) is 1. The van der Waals surface area contributed by atoms with Gasteiger partial charge in [0.25, 0.3) is 0 Å². The van der Waals surface area contributed by atoms with Gasteiger partial charge in [0.2, 0.25) is 5.91 Å². The number of hydrogen-bond acceptors (Lipinski definition) is 3. The molecule has 38 heavy (non-hydrogen) atoms. The van der Waals surface area contributed by atoms with Crippen molar-refractivity contribution in [3.05, 3.63) is 95.8 Å². The van der Waals surface area contributed by atoms with Gasteiger partial charge in [0.15, 0.2) is 0 Å². The third-order valence-electron chi connectivity index (χ3n) is 7.10. The number of rotatable bonds is 9. The van der Waals surface area contributed by atoms with E-state index in [1.165, 1.54) is 11.6 Å². The summed E-state index contributed by atoms with van der Waals surface area (Å²) in [4.78, 5) is 27.2. The third-order valence-corrected chi connectivity index (χ3v) is 7.10. The van der Waals surface area contributed by atoms with Crippen molar-refractivity contribution in [2.24, 2.45) is 5.92 Å². The van der Waals surface area contributed by atoms with E-state index in [2.05, 4.69) is 33.0 Å². The van der Waals surface area contributed by atoms with Crippen molar-refractivity contribution in [2.45, 2.75) is 45.1 Å². The van der Waals surface area contributed by atoms with Crippen LogP contribution in [0.1, 0.15) is 56.2 Å². The van der Waals surface area contributed by atoms with Crippen LogP contribution in [0.4, 0.5) is 20.6 Å². The van der Waals surface area contributed by atoms with Crippen LogP contribution in [0.3, 0.4) is 0 Å². The largest absolute Gasteiger partial charge is 0.331 e. The van der Waals surface area contributed by atoms with Crippen LogP contribution in [0.25, 0.3) is 0 Å². The molecule has 1 heterocycles. The molecule has 1 aliphatic heterocycles. The Kier molecular flexibility index (Phi) is 9.49. The topological polar surface area (TPSA) is 73.5 Å². The van der Waals surface area contributed by atoms with Gasteiger partial charge in [-0.25, -0.2) is 9.18 Å². The SMILES string of the molecule is CC(C)C(=O)Nc1cccc(C2CCN(CCC(NC(=O)Nc3ccccc3F)c3ccccc3)CC2)c1. The fourth-order valence-corrected chi connectivity index (χ4v) is 4.85. The first kappa shape index (κ1) is 27.3. The first-order valence-electron chi connectivity index (χ1n) is 13.4. The van der Waals surface area contributed by atoms with Crippen molar-refractivity contribution in [2.75, 3.05) is 30.3 Å². The molecule has 3 aromatic carbocycles. The van der Waals surface area contributed by atoms with E-state index in [9.17, 15) is 14.0 Å². The molecule has 3 amide bonds. The number of halogens is 1. The Morgan fingerprint density at radius 2 is 1.63 bits per heavy atom. The standard InChI is InChI=1S/C31H37FN4O2/c1-22(2)30(37)33-26-12-8-11-25(21-26)23-15-18-36(19-16-23)20-17-28(24-9-4-3-5-10-24)34-31(38)35-29-14-7-6-13-27(29)32/h3-14,21-23,28H,15-20H2,1-2H3,(H,33,37)(H2,34,35,38). The Hall–Kier alpha value is -3.71. The molecule has 4 rings (SSSR count). The van der Waals surface area contributed by atoms with Crippen molar-refractivity contribution in [1.82, 2.24) is 10.2 Å². The summed E-state index contributed by atoms with van der Waals surface area (Å²) in [7, 11) is 0. The average molecular weight is 517 g/mol. The zero-order chi connectivity index (χ0) is 26.9. The molecule has 0 aromatic heterocycles. The number of anilines is 2. The van der Waals surface area contributed by atoms with E-state index >= 15 is 0 Å². The summed E-state index contributed by atoms with van der Waals surface area (Å²) in [5, 5.41) is 8.67. The number of piperidine rings is 1. The summed E-state index contributed by atoms with van der Waals surface area (Å²) in [5.74, 6) is -0.0332. The Morgan fingerprint density at radius 3 is 2.34 bits per heavy atom. The third kappa shape index (κ3) is 7.65.